The maximum Gasteiger partial charge on any atom is 0.248 e. The van der Waals surface area contributed by atoms with Crippen molar-refractivity contribution in [2.24, 2.45) is 0 Å². The molecule has 1 aromatic rings. The Morgan fingerprint density at radius 2 is 2.25 bits per heavy atom. The zero-order chi connectivity index (χ0) is 11.8. The number of amides is 1. The summed E-state index contributed by atoms with van der Waals surface area (Å²) in [6.07, 6.45) is 8.23. The van der Waals surface area contributed by atoms with Crippen LogP contribution in [-0.2, 0) is 4.79 Å². The normalized spacial score (nSPS) is 11.1. The zero-order valence-electron chi connectivity index (χ0n) is 9.73. The van der Waals surface area contributed by atoms with Gasteiger partial charge >= 0.3 is 0 Å². The molecule has 0 saturated carbocycles. The molecular weight excluding hydrogens is 198 g/mol. The largest absolute Gasteiger partial charge is 0.323 e. The van der Waals surface area contributed by atoms with Crippen molar-refractivity contribution >= 4 is 17.7 Å². The molecule has 1 N–H and O–H groups in total. The van der Waals surface area contributed by atoms with Gasteiger partial charge in [0, 0.05) is 5.69 Å². The van der Waals surface area contributed by atoms with Gasteiger partial charge in [0.25, 0.3) is 0 Å². The van der Waals surface area contributed by atoms with Crippen molar-refractivity contribution in [1.82, 2.24) is 0 Å². The first kappa shape index (κ1) is 12.2. The van der Waals surface area contributed by atoms with Crippen molar-refractivity contribution in [1.29, 1.82) is 0 Å². The average Bonchev–Trinajstić information content (AvgIpc) is 2.27. The van der Waals surface area contributed by atoms with Gasteiger partial charge in [-0.25, -0.2) is 0 Å². The van der Waals surface area contributed by atoms with Crippen LogP contribution in [0.25, 0.3) is 6.08 Å². The first-order valence-electron chi connectivity index (χ1n) is 5.46. The van der Waals surface area contributed by atoms with Crippen LogP contribution in [0.5, 0.6) is 0 Å². The lowest BCUT2D eigenvalue weighted by Crippen LogP contribution is -2.07. The number of hydrogen-bond donors (Lipinski definition) is 1. The topological polar surface area (TPSA) is 29.1 Å². The SMILES string of the molecule is C/C=C/c1cccc(NC(=O)C=CCC)c1. The number of hydrogen-bond acceptors (Lipinski definition) is 1. The highest BCUT2D eigenvalue weighted by Crippen LogP contribution is 2.11. The van der Waals surface area contributed by atoms with E-state index >= 15 is 0 Å². The standard InChI is InChI=1S/C14H17NO/c1-3-5-10-14(16)15-13-9-6-8-12(11-13)7-4-2/h4-11H,3H2,1-2H3,(H,15,16)/b7-4+,10-5?. The molecule has 2 heteroatoms. The summed E-state index contributed by atoms with van der Waals surface area (Å²) in [6.45, 7) is 3.96. The van der Waals surface area contributed by atoms with Crippen LogP contribution < -0.4 is 5.32 Å². The maximum atomic E-state index is 11.4. The lowest BCUT2D eigenvalue weighted by Gasteiger charge is -2.02. The fourth-order valence-electron chi connectivity index (χ4n) is 1.32. The first-order chi connectivity index (χ1) is 7.76. The average molecular weight is 215 g/mol. The molecule has 0 saturated heterocycles. The fourth-order valence-corrected chi connectivity index (χ4v) is 1.32. The van der Waals surface area contributed by atoms with Crippen LogP contribution in [0.4, 0.5) is 5.69 Å². The van der Waals surface area contributed by atoms with Crippen molar-refractivity contribution in [2.75, 3.05) is 5.32 Å². The van der Waals surface area contributed by atoms with Gasteiger partial charge in [0.1, 0.15) is 0 Å². The Kier molecular flexibility index (Phi) is 5.06. The van der Waals surface area contributed by atoms with Crippen LogP contribution in [-0.4, -0.2) is 5.91 Å². The third-order valence-corrected chi connectivity index (χ3v) is 2.02. The minimum absolute atomic E-state index is 0.0838. The molecule has 0 fully saturated rings. The molecule has 0 radical (unpaired) electrons. The highest BCUT2D eigenvalue weighted by atomic mass is 16.1. The summed E-state index contributed by atoms with van der Waals surface area (Å²) in [5.74, 6) is -0.0838. The Labute approximate surface area is 96.7 Å². The van der Waals surface area contributed by atoms with Gasteiger partial charge in [-0.05, 0) is 37.1 Å². The summed E-state index contributed by atoms with van der Waals surface area (Å²) < 4.78 is 0. The van der Waals surface area contributed by atoms with Crippen LogP contribution in [0.15, 0.2) is 42.5 Å². The van der Waals surface area contributed by atoms with Crippen LogP contribution in [0.2, 0.25) is 0 Å². The van der Waals surface area contributed by atoms with Crippen molar-refractivity contribution in [3.8, 4) is 0 Å². The van der Waals surface area contributed by atoms with Gasteiger partial charge in [-0.15, -0.1) is 0 Å². The Balaban J connectivity index is 2.70. The Hall–Kier alpha value is -1.83. The van der Waals surface area contributed by atoms with E-state index in [0.717, 1.165) is 17.7 Å². The molecule has 0 aromatic heterocycles. The van der Waals surface area contributed by atoms with E-state index in [4.69, 9.17) is 0 Å². The minimum Gasteiger partial charge on any atom is -0.323 e. The summed E-state index contributed by atoms with van der Waals surface area (Å²) in [5.41, 5.74) is 1.90. The first-order valence-corrected chi connectivity index (χ1v) is 5.46. The smallest absolute Gasteiger partial charge is 0.248 e. The predicted molar refractivity (Wildman–Crippen MR) is 69.2 cm³/mol. The number of benzene rings is 1. The Morgan fingerprint density at radius 3 is 2.94 bits per heavy atom. The molecular formula is C14H17NO. The summed E-state index contributed by atoms with van der Waals surface area (Å²) >= 11 is 0. The van der Waals surface area contributed by atoms with E-state index in [1.165, 1.54) is 0 Å². The Bertz CT molecular complexity index is 405. The van der Waals surface area contributed by atoms with E-state index in [0.29, 0.717) is 0 Å². The van der Waals surface area contributed by atoms with E-state index in [9.17, 15) is 4.79 Å². The highest BCUT2D eigenvalue weighted by Gasteiger charge is 1.97. The number of anilines is 1. The summed E-state index contributed by atoms with van der Waals surface area (Å²) in [5, 5.41) is 2.82. The lowest BCUT2D eigenvalue weighted by molar-refractivity contribution is -0.111. The van der Waals surface area contributed by atoms with Crippen molar-refractivity contribution in [3.05, 3.63) is 48.1 Å². The number of carbonyl (C=O) groups is 1. The van der Waals surface area contributed by atoms with Crippen LogP contribution >= 0.6 is 0 Å². The van der Waals surface area contributed by atoms with Crippen LogP contribution in [0.1, 0.15) is 25.8 Å². The molecule has 1 amide bonds. The van der Waals surface area contributed by atoms with Gasteiger partial charge in [-0.3, -0.25) is 4.79 Å². The molecule has 0 unspecified atom stereocenters. The van der Waals surface area contributed by atoms with Gasteiger partial charge in [-0.2, -0.15) is 0 Å². The second-order valence-corrected chi connectivity index (χ2v) is 3.43. The monoisotopic (exact) mass is 215 g/mol. The quantitative estimate of drug-likeness (QED) is 0.763. The molecule has 2 nitrogen and oxygen atoms in total. The zero-order valence-corrected chi connectivity index (χ0v) is 9.73. The number of rotatable bonds is 4. The molecule has 0 aliphatic carbocycles. The predicted octanol–water partition coefficient (Wildman–Crippen LogP) is 3.62. The molecule has 0 spiro atoms. The molecule has 0 bridgehead atoms. The fraction of sp³-hybridized carbons (Fsp3) is 0.214. The van der Waals surface area contributed by atoms with Crippen LogP contribution in [0.3, 0.4) is 0 Å². The van der Waals surface area contributed by atoms with Crippen LogP contribution in [0, 0.1) is 0 Å². The van der Waals surface area contributed by atoms with Crippen molar-refractivity contribution in [3.63, 3.8) is 0 Å². The van der Waals surface area contributed by atoms with Gasteiger partial charge in [-0.1, -0.05) is 37.3 Å². The molecule has 1 aromatic carbocycles. The second kappa shape index (κ2) is 6.62. The third-order valence-electron chi connectivity index (χ3n) is 2.02. The minimum atomic E-state index is -0.0838. The molecule has 0 aliphatic rings. The number of nitrogens with one attached hydrogen (secondary N) is 1. The van der Waals surface area contributed by atoms with Crippen molar-refractivity contribution in [2.45, 2.75) is 20.3 Å². The number of allylic oxidation sites excluding steroid dienone is 2. The number of carbonyl (C=O) groups excluding carboxylic acids is 1. The van der Waals surface area contributed by atoms with E-state index in [1.54, 1.807) is 6.08 Å². The van der Waals surface area contributed by atoms with E-state index in [-0.39, 0.29) is 5.91 Å². The molecule has 84 valence electrons. The third kappa shape index (κ3) is 4.13. The maximum absolute atomic E-state index is 11.4. The summed E-state index contributed by atoms with van der Waals surface area (Å²) in [7, 11) is 0. The van der Waals surface area contributed by atoms with Gasteiger partial charge in [0.2, 0.25) is 5.91 Å². The summed E-state index contributed by atoms with van der Waals surface area (Å²) in [4.78, 5) is 11.4. The Morgan fingerprint density at radius 1 is 1.44 bits per heavy atom. The van der Waals surface area contributed by atoms with Gasteiger partial charge in [0.05, 0.1) is 0 Å². The molecule has 0 atom stereocenters. The van der Waals surface area contributed by atoms with Gasteiger partial charge < -0.3 is 5.32 Å². The van der Waals surface area contributed by atoms with E-state index < -0.39 is 0 Å². The molecule has 0 heterocycles. The summed E-state index contributed by atoms with van der Waals surface area (Å²) in [6, 6.07) is 7.74. The molecule has 1 rings (SSSR count). The second-order valence-electron chi connectivity index (χ2n) is 3.43. The van der Waals surface area contributed by atoms with E-state index in [2.05, 4.69) is 5.32 Å². The van der Waals surface area contributed by atoms with E-state index in [1.807, 2.05) is 56.3 Å². The highest BCUT2D eigenvalue weighted by molar-refractivity contribution is 5.99. The van der Waals surface area contributed by atoms with Gasteiger partial charge in [0.15, 0.2) is 0 Å². The molecule has 16 heavy (non-hydrogen) atoms. The van der Waals surface area contributed by atoms with Crippen molar-refractivity contribution < 1.29 is 4.79 Å². The lowest BCUT2D eigenvalue weighted by atomic mass is 10.2. The molecule has 0 aliphatic heterocycles.